The molecule has 18 nitrogen and oxygen atoms in total. The molecule has 2 amide bonds. The molecular weight excluding hydrogens is 728 g/mol. The molecule has 2 aromatic rings. The summed E-state index contributed by atoms with van der Waals surface area (Å²) in [5.41, 5.74) is 7.10. The van der Waals surface area contributed by atoms with E-state index in [0.29, 0.717) is 35.6 Å². The zero-order valence-corrected chi connectivity index (χ0v) is 30.0. The number of aryl methyl sites for hydroxylation is 1. The third-order valence-corrected chi connectivity index (χ3v) is 11.2. The molecule has 2 aliphatic carbocycles. The molecule has 1 saturated heterocycles. The lowest BCUT2D eigenvalue weighted by Crippen LogP contribution is -2.76. The van der Waals surface area contributed by atoms with E-state index in [2.05, 4.69) is 25.1 Å². The molecule has 21 heteroatoms. The lowest BCUT2D eigenvalue weighted by molar-refractivity contribution is -0.218. The Kier molecular flexibility index (Phi) is 9.26. The molecule has 4 aliphatic rings. The number of nitrogens with one attached hydrogen (secondary N) is 3. The first-order chi connectivity index (χ1) is 24.2. The number of hydrogen-bond donors (Lipinski definition) is 7. The van der Waals surface area contributed by atoms with E-state index >= 15 is 0 Å². The summed E-state index contributed by atoms with van der Waals surface area (Å²) >= 11 is 0.953. The summed E-state index contributed by atoms with van der Waals surface area (Å²) in [4.78, 5) is 48.4. The van der Waals surface area contributed by atoms with Crippen LogP contribution in [0.4, 0.5) is 9.52 Å². The fourth-order valence-electron chi connectivity index (χ4n) is 7.43. The number of thiazole rings is 1. The van der Waals surface area contributed by atoms with E-state index in [1.165, 1.54) is 26.2 Å². The van der Waals surface area contributed by atoms with Gasteiger partial charge in [-0.25, -0.2) is 14.2 Å². The van der Waals surface area contributed by atoms with Gasteiger partial charge in [-0.05, 0) is 88.5 Å². The van der Waals surface area contributed by atoms with Gasteiger partial charge >= 0.3 is 16.4 Å². The van der Waals surface area contributed by atoms with Gasteiger partial charge in [0, 0.05) is 23.5 Å². The number of hydrogen-bond acceptors (Lipinski definition) is 14. The van der Waals surface area contributed by atoms with Crippen molar-refractivity contribution >= 4 is 56.2 Å². The molecule has 2 aliphatic heterocycles. The molecule has 9 N–H and O–H groups in total. The van der Waals surface area contributed by atoms with Gasteiger partial charge in [0.05, 0.1) is 5.54 Å². The van der Waals surface area contributed by atoms with Crippen LogP contribution >= 0.6 is 11.3 Å². The van der Waals surface area contributed by atoms with Crippen LogP contribution in [0.3, 0.4) is 0 Å². The van der Waals surface area contributed by atoms with Gasteiger partial charge in [-0.15, -0.1) is 15.6 Å². The molecule has 0 bridgehead atoms. The number of aliphatic carboxylic acids is 1. The number of carbonyl (C=O) groups is 3. The minimum absolute atomic E-state index is 0.0234. The van der Waals surface area contributed by atoms with Gasteiger partial charge in [0.1, 0.15) is 29.0 Å². The lowest BCUT2D eigenvalue weighted by atomic mass is 9.49. The second-order valence-corrected chi connectivity index (χ2v) is 16.4. The third-order valence-electron chi connectivity index (χ3n) is 10.2. The summed E-state index contributed by atoms with van der Waals surface area (Å²) in [7, 11) is -5.04. The van der Waals surface area contributed by atoms with Crippen LogP contribution in [-0.4, -0.2) is 99.0 Å². The predicted molar refractivity (Wildman–Crippen MR) is 182 cm³/mol. The van der Waals surface area contributed by atoms with Crippen molar-refractivity contribution in [3.8, 4) is 5.75 Å². The molecule has 1 aromatic carbocycles. The molecule has 1 aromatic heterocycles. The number of anilines is 1. The van der Waals surface area contributed by atoms with Gasteiger partial charge in [0.2, 0.25) is 0 Å². The first kappa shape index (κ1) is 37.3. The number of aromatic nitrogens is 1. The summed E-state index contributed by atoms with van der Waals surface area (Å²) in [6.07, 6.45) is 1.87. The summed E-state index contributed by atoms with van der Waals surface area (Å²) in [5.74, 6) is -2.92. The number of amidine groups is 1. The Bertz CT molecular complexity index is 1960. The van der Waals surface area contributed by atoms with Crippen molar-refractivity contribution in [1.29, 1.82) is 5.41 Å². The number of carboxylic acid groups (broad SMARTS) is 1. The van der Waals surface area contributed by atoms with Gasteiger partial charge in [0.25, 0.3) is 17.4 Å². The molecule has 3 atom stereocenters. The zero-order valence-electron chi connectivity index (χ0n) is 28.3. The molecule has 1 spiro atoms. The monoisotopic (exact) mass is 766 g/mol. The highest BCUT2D eigenvalue weighted by molar-refractivity contribution is 7.80. The van der Waals surface area contributed by atoms with Crippen LogP contribution in [-0.2, 0) is 40.3 Å². The summed E-state index contributed by atoms with van der Waals surface area (Å²) in [6.45, 7) is 3.97. The number of hydroxylamine groups is 2. The average Bonchev–Trinajstić information content (AvgIpc) is 3.48. The first-order valence-corrected chi connectivity index (χ1v) is 18.5. The van der Waals surface area contributed by atoms with Crippen molar-refractivity contribution in [2.45, 2.75) is 94.3 Å². The maximum Gasteiger partial charge on any atom is 0.418 e. The van der Waals surface area contributed by atoms with Crippen LogP contribution in [0.25, 0.3) is 0 Å². The lowest BCUT2D eigenvalue weighted by Gasteiger charge is -2.60. The zero-order chi connectivity index (χ0) is 38.0. The quantitative estimate of drug-likeness (QED) is 0.0523. The number of ether oxygens (including phenoxy) is 1. The fourth-order valence-corrected chi connectivity index (χ4v) is 8.43. The first-order valence-electron chi connectivity index (χ1n) is 16.2. The van der Waals surface area contributed by atoms with Crippen LogP contribution < -0.4 is 26.8 Å². The number of nitrogen functional groups attached to an aromatic ring is 1. The SMILES string of the molecule is CC1(C)[C@H](NC(=O)/C(=N\O[C@](C)(C(=O)O)[C@H]2CCc3cc(C(=N)NC4CC5(C4)CC(F)(CN)C5)ccc3O2)c2csc(N)n2)C(=O)N1OS(=O)(=O)O. The smallest absolute Gasteiger partial charge is 0.418 e. The van der Waals surface area contributed by atoms with E-state index in [9.17, 15) is 32.3 Å². The molecule has 3 heterocycles. The molecule has 6 rings (SSSR count). The van der Waals surface area contributed by atoms with Gasteiger partial charge < -0.3 is 36.8 Å². The number of benzene rings is 1. The van der Waals surface area contributed by atoms with Crippen molar-refractivity contribution in [2.24, 2.45) is 16.3 Å². The number of nitrogens with zero attached hydrogens (tertiary/aromatic N) is 3. The van der Waals surface area contributed by atoms with Crippen molar-refractivity contribution in [2.75, 3.05) is 12.3 Å². The van der Waals surface area contributed by atoms with Gasteiger partial charge in [-0.2, -0.15) is 13.5 Å². The Morgan fingerprint density at radius 3 is 2.56 bits per heavy atom. The predicted octanol–water partition coefficient (Wildman–Crippen LogP) is 1.05. The highest BCUT2D eigenvalue weighted by Gasteiger charge is 2.61. The number of alkyl halides is 1. The molecule has 52 heavy (non-hydrogen) atoms. The molecule has 282 valence electrons. The minimum atomic E-state index is -5.04. The second-order valence-electron chi connectivity index (χ2n) is 14.5. The topological polar surface area (TPSA) is 282 Å². The van der Waals surface area contributed by atoms with Gasteiger partial charge in [-0.3, -0.25) is 19.6 Å². The van der Waals surface area contributed by atoms with Crippen LogP contribution in [0.2, 0.25) is 0 Å². The Hall–Kier alpha value is -4.44. The Balaban J connectivity index is 1.13. The molecular formula is C31H39FN8O10S2. The van der Waals surface area contributed by atoms with Gasteiger partial charge in [0.15, 0.2) is 16.9 Å². The van der Waals surface area contributed by atoms with Crippen molar-refractivity contribution in [3.63, 3.8) is 0 Å². The number of nitrogens with two attached hydrogens (primary N) is 2. The number of carbonyl (C=O) groups excluding carboxylic acids is 2. The number of amides is 2. The van der Waals surface area contributed by atoms with E-state index in [1.807, 2.05) is 0 Å². The summed E-state index contributed by atoms with van der Waals surface area (Å²) in [5, 5.41) is 30.2. The number of β-lactam (4-membered cyclic amide) rings is 1. The second kappa shape index (κ2) is 12.9. The van der Waals surface area contributed by atoms with Crippen LogP contribution in [0, 0.1) is 10.8 Å². The van der Waals surface area contributed by atoms with E-state index in [-0.39, 0.29) is 41.1 Å². The van der Waals surface area contributed by atoms with Crippen molar-refractivity contribution < 1.29 is 50.7 Å². The number of rotatable bonds is 12. The van der Waals surface area contributed by atoms with Gasteiger partial charge in [-0.1, -0.05) is 5.16 Å². The number of halogens is 1. The normalized spacial score (nSPS) is 29.0. The fraction of sp³-hybridized carbons (Fsp3) is 0.548. The van der Waals surface area contributed by atoms with Crippen LogP contribution in [0.15, 0.2) is 28.7 Å². The number of carboxylic acids is 1. The highest BCUT2D eigenvalue weighted by atomic mass is 32.3. The van der Waals surface area contributed by atoms with E-state index < -0.39 is 62.8 Å². The van der Waals surface area contributed by atoms with E-state index in [0.717, 1.165) is 29.7 Å². The summed E-state index contributed by atoms with van der Waals surface area (Å²) < 4.78 is 56.1. The highest BCUT2D eigenvalue weighted by Crippen LogP contribution is 2.61. The Morgan fingerprint density at radius 2 is 1.98 bits per heavy atom. The minimum Gasteiger partial charge on any atom is -0.485 e. The van der Waals surface area contributed by atoms with Crippen molar-refractivity contribution in [3.05, 3.63) is 40.4 Å². The Morgan fingerprint density at radius 1 is 1.29 bits per heavy atom. The molecule has 0 radical (unpaired) electrons. The number of fused-ring (bicyclic) bond motifs is 1. The third kappa shape index (κ3) is 6.89. The van der Waals surface area contributed by atoms with Crippen molar-refractivity contribution in [1.82, 2.24) is 20.7 Å². The summed E-state index contributed by atoms with van der Waals surface area (Å²) in [6, 6.07) is 3.80. The van der Waals surface area contributed by atoms with Crippen LogP contribution in [0.1, 0.15) is 69.7 Å². The van der Waals surface area contributed by atoms with Crippen LogP contribution in [0.5, 0.6) is 5.75 Å². The maximum absolute atomic E-state index is 14.3. The Labute approximate surface area is 301 Å². The number of oxime groups is 1. The maximum atomic E-state index is 14.3. The molecule has 0 unspecified atom stereocenters. The standard InChI is InChI=1S/C31H39FN8O10S2/c1-28(2)22(25(42)40(28)50-52(45,46)47)38-24(41)21(18-11-51-27(35)37-18)39-49-29(3,26(43)44)20-7-5-15-8-16(4-6-19(15)48-20)23(34)36-17-9-30(10-17)12-31(32,13-30)14-33/h4,6,8,11,17,20,22H,5,7,9-10,12-14,33H2,1-3H3,(H2,34,36)(H2,35,37)(H,38,41)(H,43,44)(H,45,46,47)/b39-21-/t17?,20-,22-,29+,30?,31?/m1/s1. The largest absolute Gasteiger partial charge is 0.485 e. The molecule has 3 fully saturated rings. The average molecular weight is 767 g/mol. The van der Waals surface area contributed by atoms with E-state index in [4.69, 9.17) is 31.0 Å². The molecule has 2 saturated carbocycles. The van der Waals surface area contributed by atoms with E-state index in [1.54, 1.807) is 18.2 Å².